The molecule has 0 aliphatic heterocycles. The van der Waals surface area contributed by atoms with Gasteiger partial charge in [-0.15, -0.1) is 12.3 Å². The van der Waals surface area contributed by atoms with Gasteiger partial charge in [0, 0.05) is 6.42 Å². The van der Waals surface area contributed by atoms with Crippen LogP contribution in [-0.2, 0) is 14.3 Å². The monoisotopic (exact) mass is 241 g/mol. The van der Waals surface area contributed by atoms with Crippen LogP contribution < -0.4 is 5.32 Å². The second-order valence-electron chi connectivity index (χ2n) is 4.14. The smallest absolute Gasteiger partial charge is 0.329 e. The molecule has 0 heterocycles. The highest BCUT2D eigenvalue weighted by Gasteiger charge is 2.24. The Morgan fingerprint density at radius 1 is 1.47 bits per heavy atom. The fourth-order valence-electron chi connectivity index (χ4n) is 1.27. The highest BCUT2D eigenvalue weighted by molar-refractivity contribution is 5.86. The lowest BCUT2D eigenvalue weighted by Crippen LogP contribution is -2.46. The maximum atomic E-state index is 11.5. The van der Waals surface area contributed by atoms with Crippen LogP contribution in [0.15, 0.2) is 0 Å². The van der Waals surface area contributed by atoms with E-state index >= 15 is 0 Å². The minimum atomic E-state index is -1.14. The molecular weight excluding hydrogens is 222 g/mol. The third kappa shape index (κ3) is 5.93. The molecule has 0 saturated carbocycles. The van der Waals surface area contributed by atoms with Crippen molar-refractivity contribution in [3.63, 3.8) is 0 Å². The van der Waals surface area contributed by atoms with Gasteiger partial charge in [-0.05, 0) is 12.3 Å². The van der Waals surface area contributed by atoms with Gasteiger partial charge in [-0.2, -0.15) is 0 Å². The normalized spacial score (nSPS) is 13.6. The Hall–Kier alpha value is -1.54. The highest BCUT2D eigenvalue weighted by atomic mass is 16.5. The van der Waals surface area contributed by atoms with E-state index in [0.29, 0.717) is 6.42 Å². The summed E-state index contributed by atoms with van der Waals surface area (Å²) in [5.74, 6) is 1.23. The minimum absolute atomic E-state index is 0.0345. The van der Waals surface area contributed by atoms with Gasteiger partial charge in [0.2, 0.25) is 5.91 Å². The Balaban J connectivity index is 4.40. The number of methoxy groups -OCH3 is 1. The van der Waals surface area contributed by atoms with Gasteiger partial charge in [-0.3, -0.25) is 4.79 Å². The molecule has 0 aromatic carbocycles. The number of ether oxygens (including phenoxy) is 1. The zero-order valence-electron chi connectivity index (χ0n) is 10.4. The molecule has 0 aromatic heterocycles. The summed E-state index contributed by atoms with van der Waals surface area (Å²) in [4.78, 5) is 22.8. The lowest BCUT2D eigenvalue weighted by molar-refractivity contribution is -0.146. The number of amides is 1. The van der Waals surface area contributed by atoms with Crippen molar-refractivity contribution in [1.82, 2.24) is 5.32 Å². The number of terminal acetylenes is 1. The van der Waals surface area contributed by atoms with Crippen LogP contribution in [0.2, 0.25) is 0 Å². The summed E-state index contributed by atoms with van der Waals surface area (Å²) in [6.07, 6.45) is 4.31. The molecule has 0 unspecified atom stereocenters. The van der Waals surface area contributed by atoms with Crippen LogP contribution in [0.3, 0.4) is 0 Å². The number of carbonyl (C=O) groups is 2. The van der Waals surface area contributed by atoms with Gasteiger partial charge in [-0.25, -0.2) is 4.79 Å². The summed E-state index contributed by atoms with van der Waals surface area (Å²) >= 11 is 0. The second-order valence-corrected chi connectivity index (χ2v) is 4.14. The molecule has 0 aliphatic carbocycles. The maximum Gasteiger partial charge on any atom is 0.329 e. The number of aliphatic hydroxyl groups is 1. The number of carbonyl (C=O) groups excluding carboxylic acids is 2. The number of esters is 1. The average molecular weight is 241 g/mol. The Morgan fingerprint density at radius 2 is 2.06 bits per heavy atom. The molecule has 0 spiro atoms. The third-order valence-corrected chi connectivity index (χ3v) is 2.12. The number of nitrogens with one attached hydrogen (secondary N) is 1. The number of aliphatic hydroxyl groups excluding tert-OH is 1. The molecule has 0 aliphatic rings. The van der Waals surface area contributed by atoms with E-state index in [2.05, 4.69) is 16.0 Å². The van der Waals surface area contributed by atoms with Crippen molar-refractivity contribution >= 4 is 11.9 Å². The van der Waals surface area contributed by atoms with Crippen LogP contribution in [0.5, 0.6) is 0 Å². The van der Waals surface area contributed by atoms with Gasteiger partial charge < -0.3 is 15.2 Å². The third-order valence-electron chi connectivity index (χ3n) is 2.12. The van der Waals surface area contributed by atoms with Gasteiger partial charge in [0.05, 0.1) is 7.11 Å². The van der Waals surface area contributed by atoms with Gasteiger partial charge >= 0.3 is 5.97 Å². The van der Waals surface area contributed by atoms with Crippen molar-refractivity contribution in [1.29, 1.82) is 0 Å². The van der Waals surface area contributed by atoms with Crippen molar-refractivity contribution in [2.75, 3.05) is 7.11 Å². The molecule has 0 bridgehead atoms. The summed E-state index contributed by atoms with van der Waals surface area (Å²) in [5, 5.41) is 11.9. The largest absolute Gasteiger partial charge is 0.467 e. The SMILES string of the molecule is C#CC[C@@H](NC(=O)[C@H](O)CC(C)C)C(=O)OC. The van der Waals surface area contributed by atoms with E-state index < -0.39 is 24.0 Å². The first-order valence-electron chi connectivity index (χ1n) is 5.42. The highest BCUT2D eigenvalue weighted by Crippen LogP contribution is 2.05. The number of hydrogen-bond donors (Lipinski definition) is 2. The quantitative estimate of drug-likeness (QED) is 0.510. The summed E-state index contributed by atoms with van der Waals surface area (Å²) < 4.78 is 4.50. The van der Waals surface area contributed by atoms with Crippen LogP contribution in [0, 0.1) is 18.3 Å². The van der Waals surface area contributed by atoms with Crippen LogP contribution in [0.25, 0.3) is 0 Å². The van der Waals surface area contributed by atoms with Crippen LogP contribution in [0.1, 0.15) is 26.7 Å². The molecule has 1 amide bonds. The lowest BCUT2D eigenvalue weighted by atomic mass is 10.1. The van der Waals surface area contributed by atoms with E-state index in [1.54, 1.807) is 0 Å². The molecular formula is C12H19NO4. The van der Waals surface area contributed by atoms with E-state index in [4.69, 9.17) is 6.42 Å². The first kappa shape index (κ1) is 15.5. The first-order chi connectivity index (χ1) is 7.92. The van der Waals surface area contributed by atoms with Gasteiger partial charge in [0.1, 0.15) is 12.1 Å². The molecule has 0 rings (SSSR count). The standard InChI is InChI=1S/C12H19NO4/c1-5-6-9(12(16)17-4)13-11(15)10(14)7-8(2)3/h1,8-10,14H,6-7H2,2-4H3,(H,13,15)/t9-,10-/m1/s1. The molecule has 2 atom stereocenters. The van der Waals surface area contributed by atoms with Crippen molar-refractivity contribution in [3.05, 3.63) is 0 Å². The Labute approximate surface area is 102 Å². The van der Waals surface area contributed by atoms with Crippen LogP contribution in [0.4, 0.5) is 0 Å². The van der Waals surface area contributed by atoms with Crippen molar-refractivity contribution in [2.24, 2.45) is 5.92 Å². The van der Waals surface area contributed by atoms with Crippen molar-refractivity contribution in [2.45, 2.75) is 38.8 Å². The molecule has 0 radical (unpaired) electrons. The molecule has 5 nitrogen and oxygen atoms in total. The van der Waals surface area contributed by atoms with Crippen molar-refractivity contribution < 1.29 is 19.4 Å². The molecule has 17 heavy (non-hydrogen) atoms. The average Bonchev–Trinajstić information content (AvgIpc) is 2.26. The molecule has 0 saturated heterocycles. The topological polar surface area (TPSA) is 75.6 Å². The van der Waals surface area contributed by atoms with E-state index in [-0.39, 0.29) is 12.3 Å². The first-order valence-corrected chi connectivity index (χ1v) is 5.42. The Kier molecular flexibility index (Phi) is 6.99. The molecule has 0 aromatic rings. The van der Waals surface area contributed by atoms with E-state index in [1.165, 1.54) is 7.11 Å². The van der Waals surface area contributed by atoms with Gasteiger partial charge in [-0.1, -0.05) is 13.8 Å². The van der Waals surface area contributed by atoms with E-state index in [0.717, 1.165) is 0 Å². The van der Waals surface area contributed by atoms with Crippen molar-refractivity contribution in [3.8, 4) is 12.3 Å². The summed E-state index contributed by atoms with van der Waals surface area (Å²) in [6, 6.07) is -0.903. The molecule has 5 heteroatoms. The summed E-state index contributed by atoms with van der Waals surface area (Å²) in [7, 11) is 1.21. The van der Waals surface area contributed by atoms with E-state index in [9.17, 15) is 14.7 Å². The maximum absolute atomic E-state index is 11.5. The Bertz CT molecular complexity index is 306. The fraction of sp³-hybridized carbons (Fsp3) is 0.667. The lowest BCUT2D eigenvalue weighted by Gasteiger charge is -2.17. The fourth-order valence-corrected chi connectivity index (χ4v) is 1.27. The molecule has 2 N–H and O–H groups in total. The second kappa shape index (κ2) is 7.69. The zero-order valence-corrected chi connectivity index (χ0v) is 10.4. The number of hydrogen-bond acceptors (Lipinski definition) is 4. The number of rotatable bonds is 6. The predicted molar refractivity (Wildman–Crippen MR) is 62.9 cm³/mol. The summed E-state index contributed by atoms with van der Waals surface area (Å²) in [6.45, 7) is 3.77. The molecule has 0 fully saturated rings. The van der Waals surface area contributed by atoms with E-state index in [1.807, 2.05) is 13.8 Å². The molecule has 96 valence electrons. The van der Waals surface area contributed by atoms with Gasteiger partial charge in [0.15, 0.2) is 0 Å². The van der Waals surface area contributed by atoms with Gasteiger partial charge in [0.25, 0.3) is 0 Å². The minimum Gasteiger partial charge on any atom is -0.467 e. The summed E-state index contributed by atoms with van der Waals surface area (Å²) in [5.41, 5.74) is 0. The van der Waals surface area contributed by atoms with Crippen LogP contribution in [-0.4, -0.2) is 36.2 Å². The Morgan fingerprint density at radius 3 is 2.47 bits per heavy atom. The van der Waals surface area contributed by atoms with Crippen LogP contribution >= 0.6 is 0 Å². The zero-order chi connectivity index (χ0) is 13.4. The predicted octanol–water partition coefficient (Wildman–Crippen LogP) is 0.0745.